The fourth-order valence-electron chi connectivity index (χ4n) is 2.73. The van der Waals surface area contributed by atoms with Crippen molar-refractivity contribution in [2.75, 3.05) is 13.7 Å². The van der Waals surface area contributed by atoms with Crippen LogP contribution in [-0.2, 0) is 16.0 Å². The quantitative estimate of drug-likeness (QED) is 0.583. The Labute approximate surface area is 161 Å². The number of amides is 1. The minimum atomic E-state index is -0.965. The van der Waals surface area contributed by atoms with Crippen LogP contribution in [0.15, 0.2) is 47.6 Å². The number of carbonyl (C=O) groups excluding carboxylic acids is 1. The number of ether oxygens (including phenoxy) is 3. The largest absolute Gasteiger partial charge is 0.496 e. The summed E-state index contributed by atoms with van der Waals surface area (Å²) >= 11 is 0. The van der Waals surface area contributed by atoms with Gasteiger partial charge in [0.1, 0.15) is 12.4 Å². The molecule has 1 aliphatic rings. The van der Waals surface area contributed by atoms with Crippen molar-refractivity contribution in [2.45, 2.75) is 19.4 Å². The molecule has 3 rings (SSSR count). The van der Waals surface area contributed by atoms with Gasteiger partial charge in [0.25, 0.3) is 5.91 Å². The molecule has 28 heavy (non-hydrogen) atoms. The smallest absolute Gasteiger partial charge is 0.307 e. The maximum Gasteiger partial charge on any atom is 0.307 e. The van der Waals surface area contributed by atoms with Crippen LogP contribution in [0.4, 0.5) is 0 Å². The van der Waals surface area contributed by atoms with Crippen molar-refractivity contribution in [3.8, 4) is 17.2 Å². The lowest BCUT2D eigenvalue weighted by atomic mass is 10.0. The number of aliphatic carboxylic acids is 1. The highest BCUT2D eigenvalue weighted by atomic mass is 16.6. The van der Waals surface area contributed by atoms with Crippen molar-refractivity contribution < 1.29 is 28.9 Å². The number of nitrogens with one attached hydrogen (secondary N) is 1. The molecule has 8 nitrogen and oxygen atoms in total. The molecule has 2 N–H and O–H groups in total. The van der Waals surface area contributed by atoms with Crippen molar-refractivity contribution >= 4 is 17.6 Å². The zero-order valence-electron chi connectivity index (χ0n) is 15.5. The first kappa shape index (κ1) is 19.2. The van der Waals surface area contributed by atoms with Gasteiger partial charge in [0.05, 0.1) is 19.2 Å². The number of carboxylic acids is 1. The van der Waals surface area contributed by atoms with Gasteiger partial charge in [-0.1, -0.05) is 12.1 Å². The second-order valence-electron chi connectivity index (χ2n) is 6.13. The molecule has 1 atom stereocenters. The summed E-state index contributed by atoms with van der Waals surface area (Å²) in [7, 11) is 1.48. The highest BCUT2D eigenvalue weighted by molar-refractivity contribution is 6.00. The summed E-state index contributed by atoms with van der Waals surface area (Å²) in [6.07, 6.45) is -0.992. The standard InChI is InChI=1S/C20H20N2O6/c1-12(13-7-8-15(26-2)14(9-13)10-19(23)24)21-22-20(25)18-11-27-16-5-3-4-6-17(16)28-18/h3-9,18H,10-11H2,1-2H3,(H,22,25)(H,23,24)/b21-12-/t18-/m0/s1. The molecular formula is C20H20N2O6. The number of benzene rings is 2. The number of carbonyl (C=O) groups is 2. The average molecular weight is 384 g/mol. The molecule has 0 aliphatic carbocycles. The number of rotatable bonds is 6. The van der Waals surface area contributed by atoms with E-state index in [1.165, 1.54) is 7.11 Å². The van der Waals surface area contributed by atoms with Crippen LogP contribution in [-0.4, -0.2) is 42.5 Å². The van der Waals surface area contributed by atoms with Crippen LogP contribution in [0.1, 0.15) is 18.1 Å². The van der Waals surface area contributed by atoms with E-state index in [-0.39, 0.29) is 13.0 Å². The van der Waals surface area contributed by atoms with Gasteiger partial charge in [0.15, 0.2) is 11.5 Å². The molecule has 0 saturated carbocycles. The topological polar surface area (TPSA) is 106 Å². The Kier molecular flexibility index (Phi) is 5.78. The third-order valence-corrected chi connectivity index (χ3v) is 4.17. The van der Waals surface area contributed by atoms with Crippen LogP contribution in [0.3, 0.4) is 0 Å². The third-order valence-electron chi connectivity index (χ3n) is 4.17. The molecule has 0 saturated heterocycles. The molecule has 1 amide bonds. The predicted molar refractivity (Wildman–Crippen MR) is 101 cm³/mol. The molecule has 1 heterocycles. The Morgan fingerprint density at radius 3 is 2.71 bits per heavy atom. The average Bonchev–Trinajstić information content (AvgIpc) is 2.70. The highest BCUT2D eigenvalue weighted by Gasteiger charge is 2.27. The molecule has 0 fully saturated rings. The second kappa shape index (κ2) is 8.43. The van der Waals surface area contributed by atoms with Gasteiger partial charge in [-0.05, 0) is 42.8 Å². The van der Waals surface area contributed by atoms with E-state index in [4.69, 9.17) is 19.3 Å². The first-order valence-corrected chi connectivity index (χ1v) is 8.59. The highest BCUT2D eigenvalue weighted by Crippen LogP contribution is 2.30. The Morgan fingerprint density at radius 1 is 1.25 bits per heavy atom. The van der Waals surface area contributed by atoms with Gasteiger partial charge in [-0.25, -0.2) is 5.43 Å². The van der Waals surface area contributed by atoms with Gasteiger partial charge in [-0.15, -0.1) is 0 Å². The van der Waals surface area contributed by atoms with E-state index in [1.807, 2.05) is 6.07 Å². The van der Waals surface area contributed by atoms with Gasteiger partial charge in [-0.2, -0.15) is 5.10 Å². The van der Waals surface area contributed by atoms with E-state index in [9.17, 15) is 9.59 Å². The lowest BCUT2D eigenvalue weighted by molar-refractivity contribution is -0.136. The minimum Gasteiger partial charge on any atom is -0.496 e. The summed E-state index contributed by atoms with van der Waals surface area (Å²) in [5.41, 5.74) is 4.17. The number of methoxy groups -OCH3 is 1. The first-order valence-electron chi connectivity index (χ1n) is 8.59. The van der Waals surface area contributed by atoms with Crippen LogP contribution in [0, 0.1) is 0 Å². The number of hydrazone groups is 1. The predicted octanol–water partition coefficient (Wildman–Crippen LogP) is 2.00. The van der Waals surface area contributed by atoms with Crippen LogP contribution in [0.25, 0.3) is 0 Å². The number of para-hydroxylation sites is 2. The third kappa shape index (κ3) is 4.40. The van der Waals surface area contributed by atoms with Crippen LogP contribution in [0.2, 0.25) is 0 Å². The Bertz CT molecular complexity index is 925. The van der Waals surface area contributed by atoms with E-state index < -0.39 is 18.0 Å². The minimum absolute atomic E-state index is 0.0860. The van der Waals surface area contributed by atoms with Gasteiger partial charge >= 0.3 is 5.97 Å². The summed E-state index contributed by atoms with van der Waals surface area (Å²) in [6.45, 7) is 1.79. The number of fused-ring (bicyclic) bond motifs is 1. The number of hydrogen-bond donors (Lipinski definition) is 2. The van der Waals surface area contributed by atoms with E-state index in [2.05, 4.69) is 10.5 Å². The fraction of sp³-hybridized carbons (Fsp3) is 0.250. The monoisotopic (exact) mass is 384 g/mol. The molecule has 8 heteroatoms. The Morgan fingerprint density at radius 2 is 2.00 bits per heavy atom. The van der Waals surface area contributed by atoms with E-state index in [0.717, 1.165) is 0 Å². The summed E-state index contributed by atoms with van der Waals surface area (Å²) in [5.74, 6) is 0.175. The van der Waals surface area contributed by atoms with Crippen molar-refractivity contribution in [3.63, 3.8) is 0 Å². The summed E-state index contributed by atoms with van der Waals surface area (Å²) in [6, 6.07) is 12.2. The van der Waals surface area contributed by atoms with Crippen molar-refractivity contribution in [1.82, 2.24) is 5.43 Å². The van der Waals surface area contributed by atoms with Gasteiger partial charge in [-0.3, -0.25) is 9.59 Å². The van der Waals surface area contributed by atoms with E-state index in [1.54, 1.807) is 43.3 Å². The molecule has 0 radical (unpaired) electrons. The molecule has 2 aromatic rings. The normalized spacial score (nSPS) is 15.6. The van der Waals surface area contributed by atoms with E-state index in [0.29, 0.717) is 34.1 Å². The number of hydrogen-bond acceptors (Lipinski definition) is 6. The zero-order chi connectivity index (χ0) is 20.1. The maximum atomic E-state index is 12.3. The fourth-order valence-corrected chi connectivity index (χ4v) is 2.73. The summed E-state index contributed by atoms with van der Waals surface area (Å²) in [5, 5.41) is 13.1. The lowest BCUT2D eigenvalue weighted by Crippen LogP contribution is -2.42. The van der Waals surface area contributed by atoms with Gasteiger partial charge in [0.2, 0.25) is 6.10 Å². The zero-order valence-corrected chi connectivity index (χ0v) is 15.5. The molecule has 0 unspecified atom stereocenters. The molecule has 1 aliphatic heterocycles. The van der Waals surface area contributed by atoms with Gasteiger partial charge < -0.3 is 19.3 Å². The molecule has 0 aromatic heterocycles. The number of nitrogens with zero attached hydrogens (tertiary/aromatic N) is 1. The molecule has 0 bridgehead atoms. The molecular weight excluding hydrogens is 364 g/mol. The molecule has 2 aromatic carbocycles. The van der Waals surface area contributed by atoms with Crippen LogP contribution < -0.4 is 19.6 Å². The van der Waals surface area contributed by atoms with Gasteiger partial charge in [0, 0.05) is 5.56 Å². The van der Waals surface area contributed by atoms with Crippen molar-refractivity contribution in [2.24, 2.45) is 5.10 Å². The van der Waals surface area contributed by atoms with Crippen LogP contribution >= 0.6 is 0 Å². The Balaban J connectivity index is 1.69. The van der Waals surface area contributed by atoms with E-state index >= 15 is 0 Å². The second-order valence-corrected chi connectivity index (χ2v) is 6.13. The van der Waals surface area contributed by atoms with Crippen molar-refractivity contribution in [1.29, 1.82) is 0 Å². The lowest BCUT2D eigenvalue weighted by Gasteiger charge is -2.24. The summed E-state index contributed by atoms with van der Waals surface area (Å²) < 4.78 is 16.3. The summed E-state index contributed by atoms with van der Waals surface area (Å²) in [4.78, 5) is 23.4. The SMILES string of the molecule is COc1ccc(/C(C)=N\NC(=O)[C@@H]2COc3ccccc3O2)cc1CC(=O)O. The van der Waals surface area contributed by atoms with Crippen LogP contribution in [0.5, 0.6) is 17.2 Å². The molecule has 146 valence electrons. The Hall–Kier alpha value is -3.55. The maximum absolute atomic E-state index is 12.3. The first-order chi connectivity index (χ1) is 13.5. The molecule has 0 spiro atoms. The number of carboxylic acid groups (broad SMARTS) is 1. The van der Waals surface area contributed by atoms with Crippen molar-refractivity contribution in [3.05, 3.63) is 53.6 Å².